The van der Waals surface area contributed by atoms with Crippen LogP contribution in [0.3, 0.4) is 0 Å². The first kappa shape index (κ1) is 17.2. The van der Waals surface area contributed by atoms with E-state index < -0.39 is 0 Å². The number of hydrogen-bond acceptors (Lipinski definition) is 4. The highest BCUT2D eigenvalue weighted by atomic mass is 32.1. The molecular weight excluding hydrogens is 308 g/mol. The maximum atomic E-state index is 12.2. The summed E-state index contributed by atoms with van der Waals surface area (Å²) in [6.45, 7) is 8.21. The molecule has 0 aliphatic carbocycles. The molecule has 2 aromatic heterocycles. The van der Waals surface area contributed by atoms with E-state index in [1.54, 1.807) is 36.6 Å². The summed E-state index contributed by atoms with van der Waals surface area (Å²) in [5.74, 6) is 1.10. The number of aromatic amines is 1. The fraction of sp³-hybridized carbons (Fsp3) is 0.333. The number of aromatic nitrogens is 2. The number of rotatable bonds is 3. The van der Waals surface area contributed by atoms with E-state index in [1.165, 1.54) is 0 Å². The van der Waals surface area contributed by atoms with Crippen LogP contribution in [0.25, 0.3) is 21.6 Å². The SMILES string of the molecule is CC.COc1ccc2c(=O)cc(-c3nc(C(C)C)cs3)[nH]c2c1. The topological polar surface area (TPSA) is 55.0 Å². The normalized spacial score (nSPS) is 10.5. The number of fused-ring (bicyclic) bond motifs is 1. The highest BCUT2D eigenvalue weighted by Crippen LogP contribution is 2.26. The Morgan fingerprint density at radius 3 is 2.57 bits per heavy atom. The minimum absolute atomic E-state index is 0.0114. The number of nitrogens with one attached hydrogen (secondary N) is 1. The van der Waals surface area contributed by atoms with Crippen LogP contribution in [0.1, 0.15) is 39.3 Å². The van der Waals surface area contributed by atoms with Crippen molar-refractivity contribution in [2.75, 3.05) is 7.11 Å². The minimum Gasteiger partial charge on any atom is -0.497 e. The van der Waals surface area contributed by atoms with Crippen molar-refractivity contribution in [1.29, 1.82) is 0 Å². The second-order valence-corrected chi connectivity index (χ2v) is 6.05. The molecule has 3 aromatic rings. The van der Waals surface area contributed by atoms with Gasteiger partial charge in [-0.25, -0.2) is 4.98 Å². The van der Waals surface area contributed by atoms with Gasteiger partial charge in [0, 0.05) is 22.9 Å². The molecule has 2 heterocycles. The average Bonchev–Trinajstić information content (AvgIpc) is 3.06. The van der Waals surface area contributed by atoms with Crippen LogP contribution >= 0.6 is 11.3 Å². The lowest BCUT2D eigenvalue weighted by Crippen LogP contribution is -2.03. The van der Waals surface area contributed by atoms with Crippen LogP contribution in [-0.4, -0.2) is 17.1 Å². The van der Waals surface area contributed by atoms with Crippen molar-refractivity contribution in [3.8, 4) is 16.5 Å². The summed E-state index contributed by atoms with van der Waals surface area (Å²) >= 11 is 1.55. The zero-order chi connectivity index (χ0) is 17.0. The van der Waals surface area contributed by atoms with E-state index >= 15 is 0 Å². The molecule has 23 heavy (non-hydrogen) atoms. The van der Waals surface area contributed by atoms with E-state index in [0.29, 0.717) is 11.3 Å². The molecule has 1 N–H and O–H groups in total. The fourth-order valence-electron chi connectivity index (χ4n) is 2.15. The zero-order valence-corrected chi connectivity index (χ0v) is 15.0. The molecule has 0 aliphatic rings. The highest BCUT2D eigenvalue weighted by Gasteiger charge is 2.10. The van der Waals surface area contributed by atoms with E-state index in [9.17, 15) is 4.79 Å². The lowest BCUT2D eigenvalue weighted by molar-refractivity contribution is 0.415. The predicted octanol–water partition coefficient (Wildman–Crippen LogP) is 4.81. The molecule has 0 saturated heterocycles. The van der Waals surface area contributed by atoms with Gasteiger partial charge >= 0.3 is 0 Å². The Labute approximate surface area is 140 Å². The molecule has 0 spiro atoms. The largest absolute Gasteiger partial charge is 0.497 e. The average molecular weight is 330 g/mol. The Balaban J connectivity index is 0.000000924. The summed E-state index contributed by atoms with van der Waals surface area (Å²) in [7, 11) is 1.61. The summed E-state index contributed by atoms with van der Waals surface area (Å²) in [6.07, 6.45) is 0. The molecule has 3 rings (SSSR count). The molecule has 0 amide bonds. The van der Waals surface area contributed by atoms with Crippen LogP contribution in [-0.2, 0) is 0 Å². The van der Waals surface area contributed by atoms with Gasteiger partial charge in [-0.3, -0.25) is 4.79 Å². The van der Waals surface area contributed by atoms with Gasteiger partial charge in [0.2, 0.25) is 0 Å². The zero-order valence-electron chi connectivity index (χ0n) is 14.1. The van der Waals surface area contributed by atoms with Gasteiger partial charge in [0.15, 0.2) is 5.43 Å². The molecule has 1 aromatic carbocycles. The fourth-order valence-corrected chi connectivity index (χ4v) is 3.10. The number of nitrogens with zero attached hydrogens (tertiary/aromatic N) is 1. The second-order valence-electron chi connectivity index (χ2n) is 5.19. The van der Waals surface area contributed by atoms with E-state index in [0.717, 1.165) is 27.7 Å². The van der Waals surface area contributed by atoms with Gasteiger partial charge in [-0.15, -0.1) is 11.3 Å². The number of pyridine rings is 1. The third kappa shape index (κ3) is 3.62. The van der Waals surface area contributed by atoms with Crippen LogP contribution in [0.5, 0.6) is 5.75 Å². The maximum absolute atomic E-state index is 12.2. The van der Waals surface area contributed by atoms with Crippen molar-refractivity contribution in [3.63, 3.8) is 0 Å². The Bertz CT molecular complexity index is 850. The lowest BCUT2D eigenvalue weighted by Gasteiger charge is -2.04. The monoisotopic (exact) mass is 330 g/mol. The van der Waals surface area contributed by atoms with Crippen LogP contribution < -0.4 is 10.2 Å². The molecule has 0 bridgehead atoms. The molecule has 0 unspecified atom stereocenters. The van der Waals surface area contributed by atoms with Gasteiger partial charge in [0.1, 0.15) is 10.8 Å². The third-order valence-electron chi connectivity index (χ3n) is 3.38. The van der Waals surface area contributed by atoms with Gasteiger partial charge < -0.3 is 9.72 Å². The first-order valence-corrected chi connectivity index (χ1v) is 8.63. The van der Waals surface area contributed by atoms with E-state index in [2.05, 4.69) is 23.8 Å². The van der Waals surface area contributed by atoms with Gasteiger partial charge in [0.25, 0.3) is 0 Å². The van der Waals surface area contributed by atoms with Crippen molar-refractivity contribution in [2.24, 2.45) is 0 Å². The number of H-pyrrole nitrogens is 1. The Kier molecular flexibility index (Phi) is 5.55. The molecule has 122 valence electrons. The van der Waals surface area contributed by atoms with Gasteiger partial charge in [0.05, 0.1) is 24.0 Å². The Morgan fingerprint density at radius 2 is 1.96 bits per heavy atom. The summed E-state index contributed by atoms with van der Waals surface area (Å²) in [6, 6.07) is 7.00. The molecule has 0 aliphatic heterocycles. The quantitative estimate of drug-likeness (QED) is 0.750. The maximum Gasteiger partial charge on any atom is 0.190 e. The first-order valence-electron chi connectivity index (χ1n) is 7.75. The van der Waals surface area contributed by atoms with Crippen LogP contribution in [0, 0.1) is 0 Å². The van der Waals surface area contributed by atoms with Crippen molar-refractivity contribution in [1.82, 2.24) is 9.97 Å². The number of ether oxygens (including phenoxy) is 1. The van der Waals surface area contributed by atoms with Gasteiger partial charge in [-0.1, -0.05) is 27.7 Å². The summed E-state index contributed by atoms with van der Waals surface area (Å²) in [4.78, 5) is 20.1. The molecular formula is C18H22N2O2S. The smallest absolute Gasteiger partial charge is 0.190 e. The van der Waals surface area contributed by atoms with Crippen LogP contribution in [0.2, 0.25) is 0 Å². The third-order valence-corrected chi connectivity index (χ3v) is 4.27. The minimum atomic E-state index is -0.0114. The van der Waals surface area contributed by atoms with Crippen molar-refractivity contribution in [3.05, 3.63) is 45.6 Å². The first-order chi connectivity index (χ1) is 11.1. The molecule has 5 heteroatoms. The summed E-state index contributed by atoms with van der Waals surface area (Å²) in [5.41, 5.74) is 2.54. The van der Waals surface area contributed by atoms with Gasteiger partial charge in [-0.05, 0) is 18.1 Å². The highest BCUT2D eigenvalue weighted by molar-refractivity contribution is 7.13. The van der Waals surface area contributed by atoms with E-state index in [-0.39, 0.29) is 5.43 Å². The second kappa shape index (κ2) is 7.42. The number of hydrogen-bond donors (Lipinski definition) is 1. The van der Waals surface area contributed by atoms with E-state index in [1.807, 2.05) is 25.3 Å². The molecule has 0 saturated carbocycles. The lowest BCUT2D eigenvalue weighted by atomic mass is 10.1. The number of thiazole rings is 1. The van der Waals surface area contributed by atoms with Crippen molar-refractivity contribution in [2.45, 2.75) is 33.6 Å². The van der Waals surface area contributed by atoms with Crippen molar-refractivity contribution < 1.29 is 4.74 Å². The van der Waals surface area contributed by atoms with Crippen molar-refractivity contribution >= 4 is 22.2 Å². The molecule has 0 fully saturated rings. The standard InChI is InChI=1S/C16H16N2O2S.C2H6/c1-9(2)14-8-21-16(18-14)13-7-15(19)11-5-4-10(20-3)6-12(11)17-13;1-2/h4-9H,1-3H3,(H,17,19);1-2H3. The number of methoxy groups -OCH3 is 1. The molecule has 0 atom stereocenters. The number of benzene rings is 1. The Morgan fingerprint density at radius 1 is 1.22 bits per heavy atom. The summed E-state index contributed by atoms with van der Waals surface area (Å²) < 4.78 is 5.21. The van der Waals surface area contributed by atoms with E-state index in [4.69, 9.17) is 4.74 Å². The molecule has 0 radical (unpaired) electrons. The molecule has 4 nitrogen and oxygen atoms in total. The summed E-state index contributed by atoms with van der Waals surface area (Å²) in [5, 5.41) is 3.52. The predicted molar refractivity (Wildman–Crippen MR) is 97.7 cm³/mol. The van der Waals surface area contributed by atoms with Crippen LogP contribution in [0.4, 0.5) is 0 Å². The Hall–Kier alpha value is -2.14. The van der Waals surface area contributed by atoms with Gasteiger partial charge in [-0.2, -0.15) is 0 Å². The van der Waals surface area contributed by atoms with Crippen LogP contribution in [0.15, 0.2) is 34.4 Å².